The van der Waals surface area contributed by atoms with E-state index in [0.717, 1.165) is 0 Å². The molecule has 0 atom stereocenters. The lowest BCUT2D eigenvalue weighted by atomic mass is 10.2. The number of amides is 1. The molecule has 0 heterocycles. The Morgan fingerprint density at radius 2 is 1.72 bits per heavy atom. The molecule has 0 radical (unpaired) electrons. The van der Waals surface area contributed by atoms with Crippen LogP contribution in [0, 0.1) is 12.8 Å². The molecule has 2 aromatic rings. The average molecular weight is 480 g/mol. The number of hydrogen-bond acceptors (Lipinski definition) is 4. The highest BCUT2D eigenvalue weighted by molar-refractivity contribution is 7.89. The number of carbonyl (C=O) groups is 1. The van der Waals surface area contributed by atoms with Crippen molar-refractivity contribution in [3.63, 3.8) is 0 Å². The number of sulfonamides is 1. The first kappa shape index (κ1) is 23.8. The second-order valence-electron chi connectivity index (χ2n) is 6.76. The van der Waals surface area contributed by atoms with Crippen molar-refractivity contribution < 1.29 is 17.9 Å². The first-order chi connectivity index (χ1) is 13.5. The van der Waals surface area contributed by atoms with Crippen molar-refractivity contribution in [3.05, 3.63) is 51.0 Å². The number of benzene rings is 2. The summed E-state index contributed by atoms with van der Waals surface area (Å²) < 4.78 is 32.7. The molecule has 10 heteroatoms. The minimum atomic E-state index is -3.60. The molecule has 0 unspecified atom stereocenters. The van der Waals surface area contributed by atoms with Crippen LogP contribution in [0.4, 0.5) is 5.69 Å². The maximum atomic E-state index is 12.3. The number of halogens is 3. The summed E-state index contributed by atoms with van der Waals surface area (Å²) in [6.45, 7) is 5.58. The van der Waals surface area contributed by atoms with Crippen molar-refractivity contribution in [3.8, 4) is 5.75 Å². The van der Waals surface area contributed by atoms with Gasteiger partial charge in [0.15, 0.2) is 6.61 Å². The zero-order chi connectivity index (χ0) is 21.8. The highest BCUT2D eigenvalue weighted by Crippen LogP contribution is 2.32. The molecule has 2 aromatic carbocycles. The van der Waals surface area contributed by atoms with Gasteiger partial charge in [-0.25, -0.2) is 13.1 Å². The Hall–Kier alpha value is -1.51. The number of aryl methyl sites for hydroxylation is 1. The molecule has 6 nitrogen and oxygen atoms in total. The smallest absolute Gasteiger partial charge is 0.262 e. The third-order valence-corrected chi connectivity index (χ3v) is 6.24. The fourth-order valence-corrected chi connectivity index (χ4v) is 4.15. The largest absolute Gasteiger partial charge is 0.483 e. The van der Waals surface area contributed by atoms with Crippen LogP contribution in [0.5, 0.6) is 5.75 Å². The molecule has 0 bridgehead atoms. The summed E-state index contributed by atoms with van der Waals surface area (Å²) in [5, 5.41) is 3.36. The number of carbonyl (C=O) groups excluding carboxylic acids is 1. The van der Waals surface area contributed by atoms with E-state index in [4.69, 9.17) is 39.5 Å². The normalized spacial score (nSPS) is 11.6. The summed E-state index contributed by atoms with van der Waals surface area (Å²) in [4.78, 5) is 12.3. The summed E-state index contributed by atoms with van der Waals surface area (Å²) in [5.74, 6) is 0.124. The predicted molar refractivity (Wildman–Crippen MR) is 117 cm³/mol. The molecule has 0 aliphatic heterocycles. The Labute approximate surface area is 185 Å². The lowest BCUT2D eigenvalue weighted by Gasteiger charge is -2.13. The van der Waals surface area contributed by atoms with Gasteiger partial charge in [-0.3, -0.25) is 4.79 Å². The molecular formula is C19H21Cl3N2O4S. The second-order valence-corrected chi connectivity index (χ2v) is 9.74. The topological polar surface area (TPSA) is 84.5 Å². The fourth-order valence-electron chi connectivity index (χ4n) is 2.26. The summed E-state index contributed by atoms with van der Waals surface area (Å²) in [6, 6.07) is 7.31. The third-order valence-electron chi connectivity index (χ3n) is 3.78. The lowest BCUT2D eigenvalue weighted by Crippen LogP contribution is -2.27. The van der Waals surface area contributed by atoms with E-state index in [1.54, 1.807) is 6.92 Å². The van der Waals surface area contributed by atoms with Gasteiger partial charge in [-0.15, -0.1) is 0 Å². The number of hydrogen-bond donors (Lipinski definition) is 2. The van der Waals surface area contributed by atoms with Crippen molar-refractivity contribution in [1.29, 1.82) is 0 Å². The van der Waals surface area contributed by atoms with Gasteiger partial charge in [0.2, 0.25) is 10.0 Å². The van der Waals surface area contributed by atoms with Gasteiger partial charge in [0.1, 0.15) is 5.75 Å². The third kappa shape index (κ3) is 6.76. The molecule has 0 aromatic heterocycles. The fraction of sp³-hybridized carbons (Fsp3) is 0.316. The zero-order valence-electron chi connectivity index (χ0n) is 16.1. The van der Waals surface area contributed by atoms with Gasteiger partial charge in [0, 0.05) is 6.54 Å². The molecule has 1 amide bonds. The first-order valence-corrected chi connectivity index (χ1v) is 11.3. The van der Waals surface area contributed by atoms with E-state index in [0.29, 0.717) is 23.5 Å². The maximum absolute atomic E-state index is 12.3. The molecule has 0 saturated carbocycles. The Morgan fingerprint density at radius 1 is 1.07 bits per heavy atom. The zero-order valence-corrected chi connectivity index (χ0v) is 19.1. The minimum absolute atomic E-state index is 0.134. The quantitative estimate of drug-likeness (QED) is 0.527. The van der Waals surface area contributed by atoms with E-state index in [1.807, 2.05) is 13.8 Å². The van der Waals surface area contributed by atoms with Gasteiger partial charge >= 0.3 is 0 Å². The van der Waals surface area contributed by atoms with Gasteiger partial charge < -0.3 is 10.1 Å². The van der Waals surface area contributed by atoms with Crippen molar-refractivity contribution in [2.75, 3.05) is 18.5 Å². The van der Waals surface area contributed by atoms with Crippen LogP contribution in [0.15, 0.2) is 35.2 Å². The van der Waals surface area contributed by atoms with E-state index < -0.39 is 15.9 Å². The SMILES string of the molecule is Cc1cc(S(=O)(=O)NCC(C)C)ccc1OCC(=O)Nc1cc(Cl)c(Cl)cc1Cl. The summed E-state index contributed by atoms with van der Waals surface area (Å²) in [7, 11) is -3.60. The predicted octanol–water partition coefficient (Wildman–Crippen LogP) is 4.91. The van der Waals surface area contributed by atoms with E-state index in [1.165, 1.54) is 30.3 Å². The molecule has 2 rings (SSSR count). The van der Waals surface area contributed by atoms with Crippen LogP contribution < -0.4 is 14.8 Å². The van der Waals surface area contributed by atoms with E-state index in [2.05, 4.69) is 10.0 Å². The molecule has 0 saturated heterocycles. The van der Waals surface area contributed by atoms with Gasteiger partial charge in [-0.1, -0.05) is 48.7 Å². The van der Waals surface area contributed by atoms with E-state index in [9.17, 15) is 13.2 Å². The second kappa shape index (κ2) is 10.00. The van der Waals surface area contributed by atoms with Crippen LogP contribution in [0.2, 0.25) is 15.1 Å². The van der Waals surface area contributed by atoms with Gasteiger partial charge in [-0.05, 0) is 48.7 Å². The molecule has 29 heavy (non-hydrogen) atoms. The van der Waals surface area contributed by atoms with Gasteiger partial charge in [0.25, 0.3) is 5.91 Å². The first-order valence-electron chi connectivity index (χ1n) is 8.67. The molecule has 0 spiro atoms. The van der Waals surface area contributed by atoms with E-state index >= 15 is 0 Å². The van der Waals surface area contributed by atoms with Crippen LogP contribution in [-0.4, -0.2) is 27.5 Å². The summed E-state index contributed by atoms with van der Waals surface area (Å²) in [6.07, 6.45) is 0. The van der Waals surface area contributed by atoms with Crippen LogP contribution in [0.3, 0.4) is 0 Å². The lowest BCUT2D eigenvalue weighted by molar-refractivity contribution is -0.118. The van der Waals surface area contributed by atoms with Crippen LogP contribution in [-0.2, 0) is 14.8 Å². The van der Waals surface area contributed by atoms with Crippen molar-refractivity contribution in [2.24, 2.45) is 5.92 Å². The standard InChI is InChI=1S/C19H21Cl3N2O4S/c1-11(2)9-23-29(26,27)13-4-5-18(12(3)6-13)28-10-19(25)24-17-8-15(21)14(20)7-16(17)22/h4-8,11,23H,9-10H2,1-3H3,(H,24,25). The van der Waals surface area contributed by atoms with Crippen LogP contribution in [0.25, 0.3) is 0 Å². The van der Waals surface area contributed by atoms with Gasteiger partial charge in [-0.2, -0.15) is 0 Å². The van der Waals surface area contributed by atoms with E-state index in [-0.39, 0.29) is 32.5 Å². The number of rotatable bonds is 8. The Morgan fingerprint density at radius 3 is 2.34 bits per heavy atom. The Balaban J connectivity index is 2.02. The summed E-state index contributed by atoms with van der Waals surface area (Å²) >= 11 is 17.8. The van der Waals surface area contributed by atoms with Gasteiger partial charge in [0.05, 0.1) is 25.7 Å². The Kier molecular flexibility index (Phi) is 8.19. The monoisotopic (exact) mass is 478 g/mol. The molecular weight excluding hydrogens is 459 g/mol. The van der Waals surface area contributed by atoms with Crippen molar-refractivity contribution in [1.82, 2.24) is 4.72 Å². The highest BCUT2D eigenvalue weighted by Gasteiger charge is 2.16. The highest BCUT2D eigenvalue weighted by atomic mass is 35.5. The number of ether oxygens (including phenoxy) is 1. The minimum Gasteiger partial charge on any atom is -0.483 e. The average Bonchev–Trinajstić information content (AvgIpc) is 2.63. The Bertz CT molecular complexity index is 1010. The molecule has 0 aliphatic rings. The van der Waals surface area contributed by atoms with Crippen molar-refractivity contribution in [2.45, 2.75) is 25.7 Å². The van der Waals surface area contributed by atoms with Crippen molar-refractivity contribution >= 4 is 56.4 Å². The van der Waals surface area contributed by atoms with Crippen LogP contribution in [0.1, 0.15) is 19.4 Å². The molecule has 0 fully saturated rings. The molecule has 0 aliphatic carbocycles. The maximum Gasteiger partial charge on any atom is 0.262 e. The molecule has 2 N–H and O–H groups in total. The summed E-state index contributed by atoms with van der Waals surface area (Å²) in [5.41, 5.74) is 0.891. The van der Waals surface area contributed by atoms with Crippen LogP contribution >= 0.6 is 34.8 Å². The molecule has 158 valence electrons. The number of anilines is 1. The number of nitrogens with one attached hydrogen (secondary N) is 2.